The number of halogens is 2. The van der Waals surface area contributed by atoms with Crippen LogP contribution >= 0.6 is 11.6 Å². The minimum Gasteiger partial charge on any atom is -0.488 e. The second-order valence-electron chi connectivity index (χ2n) is 7.43. The smallest absolute Gasteiger partial charge is 0.250 e. The molecule has 0 amide bonds. The molecule has 32 heavy (non-hydrogen) atoms. The van der Waals surface area contributed by atoms with Crippen molar-refractivity contribution in [2.75, 3.05) is 13.2 Å². The molecule has 2 N–H and O–H groups in total. The lowest BCUT2D eigenvalue weighted by atomic mass is 9.83. The van der Waals surface area contributed by atoms with Crippen LogP contribution in [0.15, 0.2) is 64.7 Å². The Balaban J connectivity index is 2.05. The molecule has 1 atom stereocenters. The van der Waals surface area contributed by atoms with Crippen LogP contribution in [0.1, 0.15) is 34.6 Å². The SMILES string of the molecule is Cc1cc(Cl)ccc1C(C/C(=N\O)c1ccc(=O)n(C)c1)c1ccc(OCCO)c(F)c1. The van der Waals surface area contributed by atoms with Gasteiger partial charge in [0.25, 0.3) is 0 Å². The van der Waals surface area contributed by atoms with Gasteiger partial charge in [-0.2, -0.15) is 0 Å². The number of aromatic nitrogens is 1. The summed E-state index contributed by atoms with van der Waals surface area (Å²) in [5.41, 5.74) is 3.19. The summed E-state index contributed by atoms with van der Waals surface area (Å²) in [6, 6.07) is 13.1. The first-order valence-electron chi connectivity index (χ1n) is 10.0. The van der Waals surface area contributed by atoms with E-state index in [1.807, 2.05) is 19.1 Å². The molecular weight excluding hydrogens is 435 g/mol. The zero-order valence-corrected chi connectivity index (χ0v) is 18.5. The summed E-state index contributed by atoms with van der Waals surface area (Å²) in [7, 11) is 1.61. The van der Waals surface area contributed by atoms with Gasteiger partial charge in [0.1, 0.15) is 6.61 Å². The lowest BCUT2D eigenvalue weighted by Gasteiger charge is -2.22. The number of oxime groups is 1. The van der Waals surface area contributed by atoms with Crippen molar-refractivity contribution in [2.24, 2.45) is 12.2 Å². The van der Waals surface area contributed by atoms with E-state index in [0.717, 1.165) is 11.1 Å². The Labute approximate surface area is 190 Å². The van der Waals surface area contributed by atoms with Crippen LogP contribution in [0.4, 0.5) is 4.39 Å². The maximum atomic E-state index is 14.7. The Bertz CT molecular complexity index is 1190. The van der Waals surface area contributed by atoms with Crippen molar-refractivity contribution >= 4 is 17.3 Å². The minimum absolute atomic E-state index is 0.00989. The predicted octanol–water partition coefficient (Wildman–Crippen LogP) is 4.26. The van der Waals surface area contributed by atoms with Crippen LogP contribution in [0.3, 0.4) is 0 Å². The van der Waals surface area contributed by atoms with E-state index in [-0.39, 0.29) is 36.9 Å². The van der Waals surface area contributed by atoms with Gasteiger partial charge < -0.3 is 19.6 Å². The summed E-state index contributed by atoms with van der Waals surface area (Å²) >= 11 is 6.13. The summed E-state index contributed by atoms with van der Waals surface area (Å²) in [5.74, 6) is -0.877. The monoisotopic (exact) mass is 458 g/mol. The van der Waals surface area contributed by atoms with E-state index in [9.17, 15) is 14.4 Å². The van der Waals surface area contributed by atoms with Crippen molar-refractivity contribution in [3.63, 3.8) is 0 Å². The molecule has 168 valence electrons. The fourth-order valence-corrected chi connectivity index (χ4v) is 3.84. The largest absolute Gasteiger partial charge is 0.488 e. The fourth-order valence-electron chi connectivity index (χ4n) is 3.62. The molecule has 0 radical (unpaired) electrons. The first-order valence-corrected chi connectivity index (χ1v) is 10.4. The highest BCUT2D eigenvalue weighted by molar-refractivity contribution is 6.30. The standard InChI is InChI=1S/C24H24ClFN2O4/c1-15-11-18(25)5-6-19(15)20(16-3-7-23(21(26)12-16)32-10-9-29)13-22(27-31)17-4-8-24(30)28(2)14-17/h3-8,11-12,14,20,29,31H,9-10,13H2,1-2H3/b27-22+. The number of aliphatic hydroxyl groups is 1. The summed E-state index contributed by atoms with van der Waals surface area (Å²) in [4.78, 5) is 11.7. The Morgan fingerprint density at radius 2 is 2.00 bits per heavy atom. The maximum Gasteiger partial charge on any atom is 0.250 e. The molecular formula is C24H24ClFN2O4. The van der Waals surface area contributed by atoms with Gasteiger partial charge in [-0.25, -0.2) is 4.39 Å². The first kappa shape index (κ1) is 23.5. The molecule has 0 aliphatic rings. The zero-order chi connectivity index (χ0) is 23.3. The molecule has 1 unspecified atom stereocenters. The van der Waals surface area contributed by atoms with Crippen LogP contribution in [0.25, 0.3) is 0 Å². The molecule has 6 nitrogen and oxygen atoms in total. The van der Waals surface area contributed by atoms with Crippen LogP contribution in [-0.4, -0.2) is 33.8 Å². The van der Waals surface area contributed by atoms with Gasteiger partial charge in [0.2, 0.25) is 5.56 Å². The fraction of sp³-hybridized carbons (Fsp3) is 0.250. The maximum absolute atomic E-state index is 14.7. The molecule has 3 rings (SSSR count). The van der Waals surface area contributed by atoms with Crippen LogP contribution in [0.2, 0.25) is 5.02 Å². The highest BCUT2D eigenvalue weighted by Crippen LogP contribution is 2.34. The van der Waals surface area contributed by atoms with E-state index in [4.69, 9.17) is 21.4 Å². The summed E-state index contributed by atoms with van der Waals surface area (Å²) in [6.07, 6.45) is 1.84. The predicted molar refractivity (Wildman–Crippen MR) is 122 cm³/mol. The van der Waals surface area contributed by atoms with Gasteiger partial charge >= 0.3 is 0 Å². The Kier molecular flexibility index (Phi) is 7.66. The molecule has 2 aromatic carbocycles. The third-order valence-corrected chi connectivity index (χ3v) is 5.49. The Hall–Kier alpha value is -3.16. The summed E-state index contributed by atoms with van der Waals surface area (Å²) in [5, 5.41) is 22.7. The second-order valence-corrected chi connectivity index (χ2v) is 7.87. The number of rotatable bonds is 8. The number of aryl methyl sites for hydroxylation is 2. The van der Waals surface area contributed by atoms with Crippen LogP contribution in [0.5, 0.6) is 5.75 Å². The van der Waals surface area contributed by atoms with Crippen molar-refractivity contribution in [1.29, 1.82) is 0 Å². The van der Waals surface area contributed by atoms with E-state index in [1.54, 1.807) is 31.4 Å². The van der Waals surface area contributed by atoms with Crippen LogP contribution < -0.4 is 10.3 Å². The summed E-state index contributed by atoms with van der Waals surface area (Å²) < 4.78 is 21.3. The topological polar surface area (TPSA) is 84.1 Å². The van der Waals surface area contributed by atoms with Crippen molar-refractivity contribution in [2.45, 2.75) is 19.3 Å². The number of benzene rings is 2. The van der Waals surface area contributed by atoms with Crippen molar-refractivity contribution in [3.8, 4) is 5.75 Å². The van der Waals surface area contributed by atoms with E-state index < -0.39 is 5.82 Å². The number of hydrogen-bond acceptors (Lipinski definition) is 5. The van der Waals surface area contributed by atoms with Crippen LogP contribution in [-0.2, 0) is 7.05 Å². The molecule has 3 aromatic rings. The van der Waals surface area contributed by atoms with Crippen molar-refractivity contribution < 1.29 is 19.4 Å². The lowest BCUT2D eigenvalue weighted by Crippen LogP contribution is -2.18. The highest BCUT2D eigenvalue weighted by atomic mass is 35.5. The molecule has 1 aromatic heterocycles. The quantitative estimate of drug-likeness (QED) is 0.300. The number of pyridine rings is 1. The second kappa shape index (κ2) is 10.4. The number of ether oxygens (including phenoxy) is 1. The molecule has 0 bridgehead atoms. The molecule has 0 fully saturated rings. The van der Waals surface area contributed by atoms with Gasteiger partial charge in [-0.1, -0.05) is 28.9 Å². The van der Waals surface area contributed by atoms with Gasteiger partial charge in [-0.3, -0.25) is 4.79 Å². The zero-order valence-electron chi connectivity index (χ0n) is 17.8. The third-order valence-electron chi connectivity index (χ3n) is 5.25. The normalized spacial score (nSPS) is 12.6. The number of aliphatic hydroxyl groups excluding tert-OH is 1. The van der Waals surface area contributed by atoms with Crippen molar-refractivity contribution in [1.82, 2.24) is 4.57 Å². The number of hydrogen-bond donors (Lipinski definition) is 2. The van der Waals surface area contributed by atoms with Gasteiger partial charge in [0.05, 0.1) is 12.3 Å². The molecule has 1 heterocycles. The molecule has 0 spiro atoms. The van der Waals surface area contributed by atoms with Gasteiger partial charge in [0, 0.05) is 42.2 Å². The van der Waals surface area contributed by atoms with Gasteiger partial charge in [-0.15, -0.1) is 0 Å². The molecule has 0 aliphatic heterocycles. The Morgan fingerprint density at radius 1 is 1.22 bits per heavy atom. The van der Waals surface area contributed by atoms with E-state index in [0.29, 0.717) is 21.9 Å². The van der Waals surface area contributed by atoms with E-state index in [2.05, 4.69) is 5.16 Å². The highest BCUT2D eigenvalue weighted by Gasteiger charge is 2.22. The molecule has 8 heteroatoms. The molecule has 0 saturated carbocycles. The molecule has 0 saturated heterocycles. The Morgan fingerprint density at radius 3 is 2.62 bits per heavy atom. The van der Waals surface area contributed by atoms with E-state index in [1.165, 1.54) is 22.8 Å². The molecule has 0 aliphatic carbocycles. The van der Waals surface area contributed by atoms with E-state index >= 15 is 0 Å². The van der Waals surface area contributed by atoms with Crippen LogP contribution in [0, 0.1) is 12.7 Å². The average Bonchev–Trinajstić information content (AvgIpc) is 2.76. The van der Waals surface area contributed by atoms with Gasteiger partial charge in [-0.05, 0) is 53.9 Å². The van der Waals surface area contributed by atoms with Gasteiger partial charge in [0.15, 0.2) is 11.6 Å². The average molecular weight is 459 g/mol. The minimum atomic E-state index is -0.558. The summed E-state index contributed by atoms with van der Waals surface area (Å²) in [6.45, 7) is 1.68. The lowest BCUT2D eigenvalue weighted by molar-refractivity contribution is 0.196. The van der Waals surface area contributed by atoms with Crippen molar-refractivity contribution in [3.05, 3.63) is 98.2 Å². The third kappa shape index (κ3) is 5.36. The number of nitrogens with zero attached hydrogens (tertiary/aromatic N) is 2. The first-order chi connectivity index (χ1) is 15.3.